The number of carbonyl (C=O) groups is 2. The van der Waals surface area contributed by atoms with Crippen LogP contribution < -0.4 is 9.50 Å². The molecule has 1 heterocycles. The third-order valence-corrected chi connectivity index (χ3v) is 6.07. The SMILES string of the molecule is CC1(C)OC(=O)C(=CNc2cc(S(=O)(=O)O)ccc2OS(=O)(=O)c2ccccc2)C(=O)O1. The van der Waals surface area contributed by atoms with Crippen LogP contribution in [0.3, 0.4) is 0 Å². The first-order valence-electron chi connectivity index (χ1n) is 8.83. The largest absolute Gasteiger partial charge is 0.419 e. The molecule has 0 radical (unpaired) electrons. The number of cyclic esters (lactones) is 2. The van der Waals surface area contributed by atoms with Crippen molar-refractivity contribution in [1.82, 2.24) is 0 Å². The minimum atomic E-state index is -4.67. The van der Waals surface area contributed by atoms with Crippen LogP contribution in [0.5, 0.6) is 5.75 Å². The van der Waals surface area contributed by atoms with E-state index in [2.05, 4.69) is 5.32 Å². The normalized spacial score (nSPS) is 16.0. The van der Waals surface area contributed by atoms with Gasteiger partial charge in [-0.15, -0.1) is 0 Å². The molecule has 1 aliphatic rings. The monoisotopic (exact) mass is 483 g/mol. The summed E-state index contributed by atoms with van der Waals surface area (Å²) in [6, 6.07) is 9.86. The van der Waals surface area contributed by atoms with Crippen LogP contribution in [0, 0.1) is 0 Å². The summed E-state index contributed by atoms with van der Waals surface area (Å²) in [6.07, 6.45) is 0.838. The summed E-state index contributed by atoms with van der Waals surface area (Å²) in [6.45, 7) is 2.70. The van der Waals surface area contributed by atoms with E-state index < -0.39 is 48.4 Å². The van der Waals surface area contributed by atoms with Gasteiger partial charge >= 0.3 is 22.1 Å². The van der Waals surface area contributed by atoms with Crippen molar-refractivity contribution in [3.05, 3.63) is 60.3 Å². The Morgan fingerprint density at radius 1 is 0.938 bits per heavy atom. The Hall–Kier alpha value is -3.42. The summed E-state index contributed by atoms with van der Waals surface area (Å²) in [4.78, 5) is 23.4. The highest BCUT2D eigenvalue weighted by atomic mass is 32.2. The summed E-state index contributed by atoms with van der Waals surface area (Å²) >= 11 is 0. The topological polar surface area (TPSA) is 162 Å². The van der Waals surface area contributed by atoms with Crippen LogP contribution in [0.25, 0.3) is 0 Å². The Morgan fingerprint density at radius 2 is 1.53 bits per heavy atom. The Balaban J connectivity index is 2.00. The molecule has 11 nitrogen and oxygen atoms in total. The van der Waals surface area contributed by atoms with Crippen molar-refractivity contribution < 1.29 is 44.6 Å². The second-order valence-electron chi connectivity index (χ2n) is 6.86. The highest BCUT2D eigenvalue weighted by molar-refractivity contribution is 7.87. The van der Waals surface area contributed by atoms with Gasteiger partial charge in [0.25, 0.3) is 15.9 Å². The molecule has 0 unspecified atom stereocenters. The van der Waals surface area contributed by atoms with Gasteiger partial charge in [-0.1, -0.05) is 18.2 Å². The molecule has 2 N–H and O–H groups in total. The van der Waals surface area contributed by atoms with Gasteiger partial charge in [0.05, 0.1) is 10.6 Å². The molecule has 32 heavy (non-hydrogen) atoms. The molecule has 0 amide bonds. The Bertz CT molecular complexity index is 1290. The fourth-order valence-corrected chi connectivity index (χ4v) is 4.01. The molecule has 2 aromatic carbocycles. The van der Waals surface area contributed by atoms with E-state index in [1.807, 2.05) is 0 Å². The van der Waals surface area contributed by atoms with Gasteiger partial charge in [-0.05, 0) is 30.3 Å². The van der Waals surface area contributed by atoms with Crippen LogP contribution in [0.2, 0.25) is 0 Å². The van der Waals surface area contributed by atoms with Gasteiger partial charge in [0, 0.05) is 20.0 Å². The first-order valence-corrected chi connectivity index (χ1v) is 11.7. The average Bonchev–Trinajstić information content (AvgIpc) is 2.67. The number of anilines is 1. The number of hydrogen-bond acceptors (Lipinski definition) is 10. The molecule has 0 atom stereocenters. The molecule has 0 saturated carbocycles. The summed E-state index contributed by atoms with van der Waals surface area (Å²) in [7, 11) is -8.99. The maximum absolute atomic E-state index is 12.5. The number of ether oxygens (including phenoxy) is 2. The van der Waals surface area contributed by atoms with Crippen LogP contribution in [-0.2, 0) is 39.3 Å². The molecule has 2 aromatic rings. The van der Waals surface area contributed by atoms with E-state index >= 15 is 0 Å². The second kappa shape index (κ2) is 8.26. The first-order chi connectivity index (χ1) is 14.8. The fourth-order valence-electron chi connectivity index (χ4n) is 2.54. The van der Waals surface area contributed by atoms with E-state index in [1.54, 1.807) is 6.07 Å². The molecule has 3 rings (SSSR count). The van der Waals surface area contributed by atoms with Gasteiger partial charge in [-0.3, -0.25) is 4.55 Å². The van der Waals surface area contributed by atoms with Crippen LogP contribution in [0.15, 0.2) is 70.1 Å². The third-order valence-electron chi connectivity index (χ3n) is 3.97. The van der Waals surface area contributed by atoms with E-state index in [9.17, 15) is 31.0 Å². The summed E-state index contributed by atoms with van der Waals surface area (Å²) < 4.78 is 72.3. The maximum Gasteiger partial charge on any atom is 0.350 e. The second-order valence-corrected chi connectivity index (χ2v) is 9.83. The number of carbonyl (C=O) groups excluding carboxylic acids is 2. The quantitative estimate of drug-likeness (QED) is 0.203. The van der Waals surface area contributed by atoms with Crippen LogP contribution in [0.4, 0.5) is 5.69 Å². The molecular weight excluding hydrogens is 466 g/mol. The van der Waals surface area contributed by atoms with E-state index in [1.165, 1.54) is 38.1 Å². The first kappa shape index (κ1) is 23.2. The zero-order chi connectivity index (χ0) is 23.7. The number of esters is 2. The van der Waals surface area contributed by atoms with Crippen molar-refractivity contribution in [3.8, 4) is 5.75 Å². The Labute approximate surface area is 183 Å². The minimum absolute atomic E-state index is 0.176. The molecule has 13 heteroatoms. The summed E-state index contributed by atoms with van der Waals surface area (Å²) in [5.74, 6) is -3.90. The van der Waals surface area contributed by atoms with Gasteiger partial charge < -0.3 is 19.0 Å². The van der Waals surface area contributed by atoms with Crippen molar-refractivity contribution in [3.63, 3.8) is 0 Å². The molecular formula is C19H17NO10S2. The van der Waals surface area contributed by atoms with E-state index in [0.29, 0.717) is 0 Å². The van der Waals surface area contributed by atoms with Crippen molar-refractivity contribution in [2.75, 3.05) is 5.32 Å². The van der Waals surface area contributed by atoms with Crippen LogP contribution in [0.1, 0.15) is 13.8 Å². The highest BCUT2D eigenvalue weighted by Crippen LogP contribution is 2.31. The molecule has 0 aromatic heterocycles. The lowest BCUT2D eigenvalue weighted by Crippen LogP contribution is -2.42. The average molecular weight is 483 g/mol. The molecule has 0 bridgehead atoms. The smallest absolute Gasteiger partial charge is 0.350 e. The predicted molar refractivity (Wildman–Crippen MR) is 108 cm³/mol. The Morgan fingerprint density at radius 3 is 2.09 bits per heavy atom. The predicted octanol–water partition coefficient (Wildman–Crippen LogP) is 1.83. The van der Waals surface area contributed by atoms with Crippen molar-refractivity contribution in [2.24, 2.45) is 0 Å². The van der Waals surface area contributed by atoms with Crippen LogP contribution in [-0.4, -0.2) is 39.1 Å². The summed E-state index contributed by atoms with van der Waals surface area (Å²) in [5.41, 5.74) is -0.865. The van der Waals surface area contributed by atoms with Gasteiger partial charge in [0.2, 0.25) is 0 Å². The number of nitrogens with one attached hydrogen (secondary N) is 1. The maximum atomic E-state index is 12.5. The highest BCUT2D eigenvalue weighted by Gasteiger charge is 2.39. The molecule has 170 valence electrons. The summed E-state index contributed by atoms with van der Waals surface area (Å²) in [5, 5.41) is 2.43. The zero-order valence-electron chi connectivity index (χ0n) is 16.6. The van der Waals surface area contributed by atoms with Gasteiger partial charge in [0.1, 0.15) is 4.90 Å². The molecule has 0 spiro atoms. The van der Waals surface area contributed by atoms with E-state index in [4.69, 9.17) is 13.7 Å². The van der Waals surface area contributed by atoms with Crippen molar-refractivity contribution in [1.29, 1.82) is 0 Å². The van der Waals surface area contributed by atoms with Crippen LogP contribution >= 0.6 is 0 Å². The lowest BCUT2D eigenvalue weighted by Gasteiger charge is -2.29. The van der Waals surface area contributed by atoms with Crippen molar-refractivity contribution in [2.45, 2.75) is 29.4 Å². The standard InChI is InChI=1S/C19H17NO10S2/c1-19(2)28-17(21)14(18(22)29-19)11-20-15-10-13(31(23,24)25)8-9-16(15)30-32(26,27)12-6-4-3-5-7-12/h3-11,20H,1-2H3,(H,23,24,25). The van der Waals surface area contributed by atoms with E-state index in [-0.39, 0.29) is 16.3 Å². The third kappa shape index (κ3) is 5.25. The van der Waals surface area contributed by atoms with Gasteiger partial charge in [0.15, 0.2) is 11.3 Å². The number of rotatable bonds is 6. The molecule has 1 aliphatic heterocycles. The molecule has 0 aliphatic carbocycles. The lowest BCUT2D eigenvalue weighted by molar-refractivity contribution is -0.222. The fraction of sp³-hybridized carbons (Fsp3) is 0.158. The number of hydrogen-bond donors (Lipinski definition) is 2. The van der Waals surface area contributed by atoms with E-state index in [0.717, 1.165) is 24.4 Å². The van der Waals surface area contributed by atoms with Gasteiger partial charge in [-0.25, -0.2) is 9.59 Å². The molecule has 1 saturated heterocycles. The minimum Gasteiger partial charge on any atom is -0.419 e. The number of benzene rings is 2. The Kier molecular flexibility index (Phi) is 6.00. The molecule has 1 fully saturated rings. The zero-order valence-corrected chi connectivity index (χ0v) is 18.3. The lowest BCUT2D eigenvalue weighted by atomic mass is 10.2. The van der Waals surface area contributed by atoms with Gasteiger partial charge in [-0.2, -0.15) is 16.8 Å². The van der Waals surface area contributed by atoms with Crippen molar-refractivity contribution >= 4 is 37.9 Å².